The topological polar surface area (TPSA) is 60.7 Å². The number of ketones is 1. The molecule has 0 atom stereocenters. The first-order valence-corrected chi connectivity index (χ1v) is 7.03. The van der Waals surface area contributed by atoms with E-state index in [-0.39, 0.29) is 12.2 Å². The van der Waals surface area contributed by atoms with E-state index in [2.05, 4.69) is 26.7 Å². The molecule has 5 nitrogen and oxygen atoms in total. The minimum atomic E-state index is 0.0116. The van der Waals surface area contributed by atoms with Crippen LogP contribution < -0.4 is 0 Å². The second-order valence-electron chi connectivity index (χ2n) is 4.90. The fraction of sp³-hybridized carbons (Fsp3) is 0.250. The third-order valence-electron chi connectivity index (χ3n) is 3.41. The molecule has 0 fully saturated rings. The summed E-state index contributed by atoms with van der Waals surface area (Å²) in [5.74, 6) is 0.817. The first-order chi connectivity index (χ1) is 10.3. The summed E-state index contributed by atoms with van der Waals surface area (Å²) in [7, 11) is 0. The molecule has 0 amide bonds. The van der Waals surface area contributed by atoms with Crippen molar-refractivity contribution in [2.24, 2.45) is 0 Å². The van der Waals surface area contributed by atoms with Crippen LogP contribution in [0.1, 0.15) is 29.5 Å². The molecule has 21 heavy (non-hydrogen) atoms. The van der Waals surface area contributed by atoms with Crippen LogP contribution in [0.15, 0.2) is 42.7 Å². The summed E-state index contributed by atoms with van der Waals surface area (Å²) in [6.07, 6.45) is 4.30. The number of aromatic nitrogens is 4. The second kappa shape index (κ2) is 5.83. The number of carbonyl (C=O) groups is 1. The summed E-state index contributed by atoms with van der Waals surface area (Å²) in [6, 6.07) is 9.66. The van der Waals surface area contributed by atoms with Crippen molar-refractivity contribution in [3.05, 3.63) is 54.1 Å². The highest BCUT2D eigenvalue weighted by Gasteiger charge is 2.14. The van der Waals surface area contributed by atoms with Crippen LogP contribution in [0.25, 0.3) is 11.0 Å². The largest absolute Gasteiger partial charge is 0.328 e. The number of fused-ring (bicyclic) bond motifs is 1. The van der Waals surface area contributed by atoms with Crippen LogP contribution in [0, 0.1) is 0 Å². The van der Waals surface area contributed by atoms with Gasteiger partial charge in [-0.2, -0.15) is 10.2 Å². The van der Waals surface area contributed by atoms with Crippen LogP contribution in [0.2, 0.25) is 0 Å². The molecule has 0 radical (unpaired) electrons. The summed E-state index contributed by atoms with van der Waals surface area (Å²) in [5, 5.41) is 7.44. The Morgan fingerprint density at radius 1 is 1.19 bits per heavy atom. The lowest BCUT2D eigenvalue weighted by Gasteiger charge is -2.07. The van der Waals surface area contributed by atoms with Crippen molar-refractivity contribution in [1.29, 1.82) is 0 Å². The summed E-state index contributed by atoms with van der Waals surface area (Å²) in [5.41, 5.74) is 2.58. The smallest absolute Gasteiger partial charge is 0.172 e. The predicted octanol–water partition coefficient (Wildman–Crippen LogP) is 2.66. The van der Waals surface area contributed by atoms with Gasteiger partial charge in [0.2, 0.25) is 0 Å². The molecule has 0 saturated heterocycles. The first kappa shape index (κ1) is 13.4. The molecule has 3 aromatic rings. The molecule has 0 N–H and O–H groups in total. The van der Waals surface area contributed by atoms with Gasteiger partial charge in [0.05, 0.1) is 29.8 Å². The van der Waals surface area contributed by atoms with Gasteiger partial charge in [0.1, 0.15) is 5.82 Å². The Hall–Kier alpha value is -2.56. The molecule has 1 aromatic carbocycles. The van der Waals surface area contributed by atoms with Gasteiger partial charge in [0.25, 0.3) is 0 Å². The molecule has 0 spiro atoms. The van der Waals surface area contributed by atoms with Gasteiger partial charge in [0.15, 0.2) is 5.78 Å². The second-order valence-corrected chi connectivity index (χ2v) is 4.90. The Morgan fingerprint density at radius 3 is 2.81 bits per heavy atom. The SMILES string of the molecule is CCCn1c(CC(=O)c2ccnnc2)nc2ccccc21. The van der Waals surface area contributed by atoms with E-state index in [4.69, 9.17) is 0 Å². The van der Waals surface area contributed by atoms with Crippen LogP contribution in [0.4, 0.5) is 0 Å². The van der Waals surface area contributed by atoms with E-state index in [0.717, 1.165) is 29.8 Å². The van der Waals surface area contributed by atoms with Gasteiger partial charge in [-0.3, -0.25) is 4.79 Å². The van der Waals surface area contributed by atoms with Crippen molar-refractivity contribution in [3.8, 4) is 0 Å². The molecule has 0 aliphatic rings. The fourth-order valence-electron chi connectivity index (χ4n) is 2.43. The summed E-state index contributed by atoms with van der Waals surface area (Å²) < 4.78 is 2.13. The monoisotopic (exact) mass is 280 g/mol. The minimum absolute atomic E-state index is 0.0116. The highest BCUT2D eigenvalue weighted by Crippen LogP contribution is 2.18. The van der Waals surface area contributed by atoms with Gasteiger partial charge in [-0.05, 0) is 24.6 Å². The third kappa shape index (κ3) is 2.67. The number of hydrogen-bond donors (Lipinski definition) is 0. The maximum Gasteiger partial charge on any atom is 0.172 e. The van der Waals surface area contributed by atoms with Crippen LogP contribution in [-0.4, -0.2) is 25.5 Å². The zero-order chi connectivity index (χ0) is 14.7. The number of benzene rings is 1. The number of hydrogen-bond acceptors (Lipinski definition) is 4. The average molecular weight is 280 g/mol. The van der Waals surface area contributed by atoms with Gasteiger partial charge < -0.3 is 4.57 Å². The minimum Gasteiger partial charge on any atom is -0.328 e. The summed E-state index contributed by atoms with van der Waals surface area (Å²) >= 11 is 0. The zero-order valence-electron chi connectivity index (χ0n) is 11.9. The highest BCUT2D eigenvalue weighted by molar-refractivity contribution is 5.97. The molecule has 5 heteroatoms. The maximum absolute atomic E-state index is 12.3. The lowest BCUT2D eigenvalue weighted by molar-refractivity contribution is 0.0989. The van der Waals surface area contributed by atoms with Crippen LogP contribution in [0.3, 0.4) is 0 Å². The molecule has 0 bridgehead atoms. The number of imidazole rings is 1. The number of carbonyl (C=O) groups excluding carboxylic acids is 1. The maximum atomic E-state index is 12.3. The van der Waals surface area contributed by atoms with E-state index in [1.807, 2.05) is 24.3 Å². The van der Waals surface area contributed by atoms with Gasteiger partial charge in [0, 0.05) is 12.1 Å². The molecule has 3 rings (SSSR count). The Labute approximate surface area is 122 Å². The number of Topliss-reactive ketones (excluding diaryl/α,β-unsaturated/α-hetero) is 1. The number of nitrogens with zero attached hydrogens (tertiary/aromatic N) is 4. The van der Waals surface area contributed by atoms with Crippen molar-refractivity contribution in [3.63, 3.8) is 0 Å². The highest BCUT2D eigenvalue weighted by atomic mass is 16.1. The predicted molar refractivity (Wildman–Crippen MR) is 80.1 cm³/mol. The quantitative estimate of drug-likeness (QED) is 0.674. The third-order valence-corrected chi connectivity index (χ3v) is 3.41. The number of rotatable bonds is 5. The summed E-state index contributed by atoms with van der Waals surface area (Å²) in [4.78, 5) is 16.9. The van der Waals surface area contributed by atoms with Crippen molar-refractivity contribution < 1.29 is 4.79 Å². The van der Waals surface area contributed by atoms with Crippen LogP contribution >= 0.6 is 0 Å². The van der Waals surface area contributed by atoms with Crippen LogP contribution in [-0.2, 0) is 13.0 Å². The lowest BCUT2D eigenvalue weighted by atomic mass is 10.1. The van der Waals surface area contributed by atoms with E-state index in [9.17, 15) is 4.79 Å². The van der Waals surface area contributed by atoms with E-state index < -0.39 is 0 Å². The molecule has 0 aliphatic heterocycles. The van der Waals surface area contributed by atoms with Crippen LogP contribution in [0.5, 0.6) is 0 Å². The normalized spacial score (nSPS) is 10.9. The molecular formula is C16H16N4O. The van der Waals surface area contributed by atoms with E-state index in [0.29, 0.717) is 5.56 Å². The van der Waals surface area contributed by atoms with Gasteiger partial charge in [-0.25, -0.2) is 4.98 Å². The molecule has 0 saturated carbocycles. The Bertz CT molecular complexity index is 764. The molecule has 0 unspecified atom stereocenters. The van der Waals surface area contributed by atoms with Crippen molar-refractivity contribution in [2.45, 2.75) is 26.3 Å². The van der Waals surface area contributed by atoms with E-state index in [1.54, 1.807) is 6.07 Å². The van der Waals surface area contributed by atoms with E-state index >= 15 is 0 Å². The fourth-order valence-corrected chi connectivity index (χ4v) is 2.43. The molecule has 106 valence electrons. The molecule has 0 aliphatic carbocycles. The molecule has 2 heterocycles. The van der Waals surface area contributed by atoms with Gasteiger partial charge in [-0.1, -0.05) is 19.1 Å². The van der Waals surface area contributed by atoms with Gasteiger partial charge in [-0.15, -0.1) is 0 Å². The first-order valence-electron chi connectivity index (χ1n) is 7.03. The van der Waals surface area contributed by atoms with Gasteiger partial charge >= 0.3 is 0 Å². The standard InChI is InChI=1S/C16H16N4O/c1-2-9-20-14-6-4-3-5-13(14)19-16(20)10-15(21)12-7-8-17-18-11-12/h3-8,11H,2,9-10H2,1H3. The molecule has 2 aromatic heterocycles. The Balaban J connectivity index is 1.96. The van der Waals surface area contributed by atoms with E-state index in [1.165, 1.54) is 12.4 Å². The molecular weight excluding hydrogens is 264 g/mol. The zero-order valence-corrected chi connectivity index (χ0v) is 11.9. The van der Waals surface area contributed by atoms with Crippen molar-refractivity contribution in [2.75, 3.05) is 0 Å². The summed E-state index contributed by atoms with van der Waals surface area (Å²) in [6.45, 7) is 2.98. The average Bonchev–Trinajstić information content (AvgIpc) is 2.86. The Morgan fingerprint density at radius 2 is 2.05 bits per heavy atom. The van der Waals surface area contributed by atoms with Crippen molar-refractivity contribution >= 4 is 16.8 Å². The number of para-hydroxylation sites is 2. The Kier molecular flexibility index (Phi) is 3.73. The van der Waals surface area contributed by atoms with Crippen molar-refractivity contribution in [1.82, 2.24) is 19.7 Å². The lowest BCUT2D eigenvalue weighted by Crippen LogP contribution is -2.11. The number of aryl methyl sites for hydroxylation is 1.